The first kappa shape index (κ1) is 17.5. The fraction of sp³-hybridized carbons (Fsp3) is 0.240. The van der Waals surface area contributed by atoms with Gasteiger partial charge >= 0.3 is 0 Å². The van der Waals surface area contributed by atoms with Gasteiger partial charge in [-0.15, -0.1) is 0 Å². The van der Waals surface area contributed by atoms with Crippen LogP contribution in [0.1, 0.15) is 39.2 Å². The second-order valence-corrected chi connectivity index (χ2v) is 7.58. The van der Waals surface area contributed by atoms with E-state index in [9.17, 15) is 0 Å². The van der Waals surface area contributed by atoms with E-state index in [2.05, 4.69) is 92.9 Å². The highest BCUT2D eigenvalue weighted by molar-refractivity contribution is 5.76. The van der Waals surface area contributed by atoms with Crippen LogP contribution in [0.2, 0.25) is 0 Å². The topological polar surface area (TPSA) is 17.8 Å². The number of nitrogens with zero attached hydrogens (tertiary/aromatic N) is 2. The number of benzene rings is 3. The zero-order chi connectivity index (χ0) is 19.0. The molecule has 0 aliphatic rings. The minimum absolute atomic E-state index is 0.852. The Morgan fingerprint density at radius 2 is 1.44 bits per heavy atom. The van der Waals surface area contributed by atoms with Crippen LogP contribution in [-0.2, 0) is 13.0 Å². The van der Waals surface area contributed by atoms with Gasteiger partial charge in [0.2, 0.25) is 0 Å². The summed E-state index contributed by atoms with van der Waals surface area (Å²) in [6.45, 7) is 9.64. The number of fused-ring (bicyclic) bond motifs is 1. The molecule has 4 aromatic rings. The molecule has 0 spiro atoms. The maximum Gasteiger partial charge on any atom is 0.114 e. The number of rotatable bonds is 4. The summed E-state index contributed by atoms with van der Waals surface area (Å²) < 4.78 is 2.40. The summed E-state index contributed by atoms with van der Waals surface area (Å²) in [6.07, 6.45) is 0.852. The van der Waals surface area contributed by atoms with Crippen molar-refractivity contribution >= 4 is 11.0 Å². The quantitative estimate of drug-likeness (QED) is 0.445. The Labute approximate surface area is 161 Å². The van der Waals surface area contributed by atoms with Crippen molar-refractivity contribution < 1.29 is 0 Å². The molecule has 27 heavy (non-hydrogen) atoms. The average Bonchev–Trinajstić information content (AvgIpc) is 2.97. The van der Waals surface area contributed by atoms with E-state index in [1.165, 1.54) is 38.9 Å². The molecule has 2 heteroatoms. The van der Waals surface area contributed by atoms with Crippen LogP contribution in [0, 0.1) is 27.7 Å². The molecule has 1 aromatic heterocycles. The van der Waals surface area contributed by atoms with E-state index in [1.54, 1.807) is 0 Å². The van der Waals surface area contributed by atoms with Crippen molar-refractivity contribution in [3.05, 3.63) is 99.9 Å². The second kappa shape index (κ2) is 7.03. The van der Waals surface area contributed by atoms with Crippen molar-refractivity contribution in [3.63, 3.8) is 0 Å². The molecule has 0 saturated heterocycles. The fourth-order valence-electron chi connectivity index (χ4n) is 4.03. The number of hydrogen-bond donors (Lipinski definition) is 0. The highest BCUT2D eigenvalue weighted by atomic mass is 15.1. The maximum absolute atomic E-state index is 4.99. The monoisotopic (exact) mass is 354 g/mol. The van der Waals surface area contributed by atoms with E-state index < -0.39 is 0 Å². The van der Waals surface area contributed by atoms with Crippen molar-refractivity contribution in [2.75, 3.05) is 0 Å². The molecule has 0 N–H and O–H groups in total. The van der Waals surface area contributed by atoms with Crippen molar-refractivity contribution in [2.24, 2.45) is 0 Å². The van der Waals surface area contributed by atoms with Gasteiger partial charge < -0.3 is 4.57 Å². The molecule has 0 bridgehead atoms. The van der Waals surface area contributed by atoms with Crippen molar-refractivity contribution in [1.82, 2.24) is 9.55 Å². The van der Waals surface area contributed by atoms with Crippen molar-refractivity contribution in [2.45, 2.75) is 40.7 Å². The Bertz CT molecular complexity index is 1100. The Kier molecular flexibility index (Phi) is 4.57. The van der Waals surface area contributed by atoms with Gasteiger partial charge in [-0.3, -0.25) is 0 Å². The van der Waals surface area contributed by atoms with Gasteiger partial charge in [0.15, 0.2) is 0 Å². The smallest absolute Gasteiger partial charge is 0.114 e. The van der Waals surface area contributed by atoms with Crippen LogP contribution in [0.25, 0.3) is 11.0 Å². The molecule has 0 radical (unpaired) electrons. The summed E-state index contributed by atoms with van der Waals surface area (Å²) in [5.41, 5.74) is 10.4. The molecular formula is C25H26N2. The third-order valence-electron chi connectivity index (χ3n) is 5.50. The highest BCUT2D eigenvalue weighted by Crippen LogP contribution is 2.24. The van der Waals surface area contributed by atoms with Crippen LogP contribution in [-0.4, -0.2) is 9.55 Å². The van der Waals surface area contributed by atoms with E-state index in [0.29, 0.717) is 0 Å². The number of para-hydroxylation sites is 2. The molecule has 0 aliphatic heterocycles. The Morgan fingerprint density at radius 1 is 0.778 bits per heavy atom. The molecule has 0 aliphatic carbocycles. The summed E-state index contributed by atoms with van der Waals surface area (Å²) in [4.78, 5) is 4.99. The van der Waals surface area contributed by atoms with E-state index in [-0.39, 0.29) is 0 Å². The Balaban J connectivity index is 1.83. The highest BCUT2D eigenvalue weighted by Gasteiger charge is 2.14. The van der Waals surface area contributed by atoms with Gasteiger partial charge in [-0.05, 0) is 67.6 Å². The van der Waals surface area contributed by atoms with Crippen LogP contribution in [0.3, 0.4) is 0 Å². The minimum atomic E-state index is 0.852. The van der Waals surface area contributed by atoms with Crippen LogP contribution in [0.4, 0.5) is 0 Å². The lowest BCUT2D eigenvalue weighted by Crippen LogP contribution is -2.09. The van der Waals surface area contributed by atoms with Gasteiger partial charge in [0.05, 0.1) is 11.0 Å². The van der Waals surface area contributed by atoms with Crippen LogP contribution >= 0.6 is 0 Å². The number of imidazole rings is 1. The molecule has 0 unspecified atom stereocenters. The molecule has 2 nitrogen and oxygen atoms in total. The normalized spacial score (nSPS) is 11.3. The molecule has 0 atom stereocenters. The lowest BCUT2D eigenvalue weighted by Gasteiger charge is -2.15. The third-order valence-corrected chi connectivity index (χ3v) is 5.50. The Hall–Kier alpha value is -2.87. The SMILES string of the molecule is Cc1cc(C)c(Cn2c(Cc3ccccc3C)nc3ccccc32)c(C)c1. The van der Waals surface area contributed by atoms with Crippen LogP contribution in [0.15, 0.2) is 60.7 Å². The molecule has 0 amide bonds. The predicted octanol–water partition coefficient (Wildman–Crippen LogP) is 5.91. The van der Waals surface area contributed by atoms with Crippen LogP contribution in [0.5, 0.6) is 0 Å². The first-order valence-corrected chi connectivity index (χ1v) is 9.58. The third kappa shape index (κ3) is 3.40. The molecule has 1 heterocycles. The summed E-state index contributed by atoms with van der Waals surface area (Å²) in [7, 11) is 0. The summed E-state index contributed by atoms with van der Waals surface area (Å²) in [5, 5.41) is 0. The maximum atomic E-state index is 4.99. The average molecular weight is 354 g/mol. The van der Waals surface area contributed by atoms with E-state index in [0.717, 1.165) is 24.3 Å². The summed E-state index contributed by atoms with van der Waals surface area (Å²) in [6, 6.07) is 21.6. The van der Waals surface area contributed by atoms with Gasteiger partial charge in [-0.2, -0.15) is 0 Å². The molecule has 0 fully saturated rings. The van der Waals surface area contributed by atoms with Gasteiger partial charge in [0, 0.05) is 13.0 Å². The van der Waals surface area contributed by atoms with Crippen LogP contribution < -0.4 is 0 Å². The number of hydrogen-bond acceptors (Lipinski definition) is 1. The largest absolute Gasteiger partial charge is 0.323 e. The Morgan fingerprint density at radius 3 is 2.19 bits per heavy atom. The van der Waals surface area contributed by atoms with E-state index >= 15 is 0 Å². The lowest BCUT2D eigenvalue weighted by molar-refractivity contribution is 0.753. The van der Waals surface area contributed by atoms with Gasteiger partial charge in [-0.25, -0.2) is 4.98 Å². The first-order valence-electron chi connectivity index (χ1n) is 9.58. The van der Waals surface area contributed by atoms with Gasteiger partial charge in [-0.1, -0.05) is 54.1 Å². The lowest BCUT2D eigenvalue weighted by atomic mass is 9.99. The predicted molar refractivity (Wildman–Crippen MR) is 113 cm³/mol. The van der Waals surface area contributed by atoms with Gasteiger partial charge in [0.25, 0.3) is 0 Å². The van der Waals surface area contributed by atoms with E-state index in [1.807, 2.05) is 0 Å². The molecule has 3 aromatic carbocycles. The van der Waals surface area contributed by atoms with Crippen molar-refractivity contribution in [1.29, 1.82) is 0 Å². The first-order chi connectivity index (χ1) is 13.0. The standard InChI is InChI=1S/C25H26N2/c1-17-13-19(3)22(20(4)14-17)16-27-24-12-8-7-11-23(24)26-25(27)15-21-10-6-5-9-18(21)2/h5-14H,15-16H2,1-4H3. The number of aromatic nitrogens is 2. The number of aryl methyl sites for hydroxylation is 4. The minimum Gasteiger partial charge on any atom is -0.323 e. The molecular weight excluding hydrogens is 328 g/mol. The molecule has 136 valence electrons. The second-order valence-electron chi connectivity index (χ2n) is 7.58. The van der Waals surface area contributed by atoms with E-state index in [4.69, 9.17) is 4.98 Å². The molecule has 4 rings (SSSR count). The summed E-state index contributed by atoms with van der Waals surface area (Å²) in [5.74, 6) is 1.13. The zero-order valence-corrected chi connectivity index (χ0v) is 16.6. The van der Waals surface area contributed by atoms with Crippen molar-refractivity contribution in [3.8, 4) is 0 Å². The fourth-order valence-corrected chi connectivity index (χ4v) is 4.03. The van der Waals surface area contributed by atoms with Gasteiger partial charge in [0.1, 0.15) is 5.82 Å². The molecule has 0 saturated carbocycles. The summed E-state index contributed by atoms with van der Waals surface area (Å²) >= 11 is 0. The zero-order valence-electron chi connectivity index (χ0n) is 16.6.